The first kappa shape index (κ1) is 27.4. The Hall–Kier alpha value is -7.12. The molecule has 2 heterocycles. The van der Waals surface area contributed by atoms with Crippen LogP contribution in [-0.2, 0) is 0 Å². The van der Waals surface area contributed by atoms with Gasteiger partial charge >= 0.3 is 0 Å². The maximum Gasteiger partial charge on any atom is 0.234 e. The van der Waals surface area contributed by atoms with Crippen LogP contribution in [0.1, 0.15) is 16.7 Å². The predicted molar refractivity (Wildman–Crippen MR) is 187 cm³/mol. The summed E-state index contributed by atoms with van der Waals surface area (Å²) in [6.45, 7) is 18.5. The summed E-state index contributed by atoms with van der Waals surface area (Å²) in [5.41, 5.74) is 9.27. The molecule has 0 aliphatic carbocycles. The van der Waals surface area contributed by atoms with Gasteiger partial charge in [-0.1, -0.05) is 66.7 Å². The molecule has 0 atom stereocenters. The lowest BCUT2D eigenvalue weighted by Gasteiger charge is -2.20. The molecule has 216 valence electrons. The van der Waals surface area contributed by atoms with Crippen molar-refractivity contribution in [2.45, 2.75) is 6.92 Å². The Labute approximate surface area is 270 Å². The number of fused-ring (bicyclic) bond motifs is 6. The molecule has 0 unspecified atom stereocenters. The van der Waals surface area contributed by atoms with E-state index in [-0.39, 0.29) is 0 Å². The van der Waals surface area contributed by atoms with Crippen molar-refractivity contribution in [3.8, 4) is 34.6 Å². The van der Waals surface area contributed by atoms with Gasteiger partial charge in [0.25, 0.3) is 0 Å². The van der Waals surface area contributed by atoms with E-state index in [1.165, 1.54) is 0 Å². The first-order valence-electron chi connectivity index (χ1n) is 15.0. The van der Waals surface area contributed by atoms with Crippen molar-refractivity contribution < 1.29 is 0 Å². The highest BCUT2D eigenvalue weighted by molar-refractivity contribution is 6.13. The van der Waals surface area contributed by atoms with Crippen LogP contribution in [0.15, 0.2) is 115 Å². The number of nitriles is 2. The summed E-state index contributed by atoms with van der Waals surface area (Å²) in [5, 5.41) is 23.7. The predicted octanol–water partition coefficient (Wildman–Crippen LogP) is 10.7. The van der Waals surface area contributed by atoms with Gasteiger partial charge in [0.2, 0.25) is 5.69 Å². The molecule has 8 rings (SSSR count). The number of aromatic nitrogens is 2. The lowest BCUT2D eigenvalue weighted by Crippen LogP contribution is -2.03. The molecule has 0 radical (unpaired) electrons. The molecule has 47 heavy (non-hydrogen) atoms. The Morgan fingerprint density at radius 2 is 1.21 bits per heavy atom. The summed E-state index contributed by atoms with van der Waals surface area (Å²) in [6.07, 6.45) is 0. The van der Waals surface area contributed by atoms with Gasteiger partial charge in [-0.2, -0.15) is 10.5 Å². The minimum atomic E-state index is 0.406. The zero-order valence-corrected chi connectivity index (χ0v) is 25.2. The summed E-state index contributed by atoms with van der Waals surface area (Å²) >= 11 is 0. The van der Waals surface area contributed by atoms with Crippen molar-refractivity contribution in [1.82, 2.24) is 9.13 Å². The number of aryl methyl sites for hydroxylation is 1. The molecule has 0 bridgehead atoms. The van der Waals surface area contributed by atoms with Gasteiger partial charge in [-0.25, -0.2) is 9.69 Å². The van der Waals surface area contributed by atoms with Crippen molar-refractivity contribution in [3.05, 3.63) is 155 Å². The van der Waals surface area contributed by atoms with E-state index in [0.29, 0.717) is 33.9 Å². The van der Waals surface area contributed by atoms with Crippen molar-refractivity contribution in [1.29, 1.82) is 10.5 Å². The topological polar surface area (TPSA) is 66.2 Å². The zero-order valence-electron chi connectivity index (χ0n) is 25.2. The van der Waals surface area contributed by atoms with Crippen molar-refractivity contribution in [3.63, 3.8) is 0 Å². The van der Waals surface area contributed by atoms with E-state index in [1.54, 1.807) is 0 Å². The Kier molecular flexibility index (Phi) is 6.13. The monoisotopic (exact) mass is 598 g/mol. The quantitative estimate of drug-likeness (QED) is 0.190. The Balaban J connectivity index is 1.60. The summed E-state index contributed by atoms with van der Waals surface area (Å²) in [7, 11) is 0. The molecule has 6 heteroatoms. The van der Waals surface area contributed by atoms with Gasteiger partial charge in [-0.15, -0.1) is 0 Å². The second-order valence-corrected chi connectivity index (χ2v) is 11.5. The average Bonchev–Trinajstić information content (AvgIpc) is 3.62. The molecule has 8 aromatic rings. The zero-order chi connectivity index (χ0) is 32.2. The number of benzene rings is 6. The highest BCUT2D eigenvalue weighted by Crippen LogP contribution is 2.46. The number of hydrogen-bond acceptors (Lipinski definition) is 2. The molecule has 0 spiro atoms. The van der Waals surface area contributed by atoms with E-state index in [9.17, 15) is 10.5 Å². The number of rotatable bonds is 3. The van der Waals surface area contributed by atoms with Gasteiger partial charge in [0.15, 0.2) is 5.69 Å². The molecule has 6 nitrogen and oxygen atoms in total. The van der Waals surface area contributed by atoms with E-state index in [0.717, 1.165) is 60.3 Å². The Morgan fingerprint density at radius 3 is 1.89 bits per heavy atom. The highest BCUT2D eigenvalue weighted by atomic mass is 15.1. The van der Waals surface area contributed by atoms with Crippen LogP contribution in [0.4, 0.5) is 11.4 Å². The summed E-state index contributed by atoms with van der Waals surface area (Å²) in [5.74, 6) is 0. The van der Waals surface area contributed by atoms with Crippen molar-refractivity contribution in [2.24, 2.45) is 0 Å². The highest BCUT2D eigenvalue weighted by Gasteiger charge is 2.24. The molecular formula is C41H22N6. The van der Waals surface area contributed by atoms with Gasteiger partial charge in [-0.05, 0) is 72.1 Å². The maximum absolute atomic E-state index is 9.88. The van der Waals surface area contributed by atoms with Crippen LogP contribution in [-0.4, -0.2) is 9.13 Å². The van der Waals surface area contributed by atoms with E-state index < -0.39 is 0 Å². The third-order valence-electron chi connectivity index (χ3n) is 8.81. The standard InChI is InChI=1S/C41H22N6/c1-25-18-27(24-43)20-28(19-25)30-16-17-37(46-35-10-6-4-8-31(35)33-14-12-26(23-42)21-38(33)46)40(45-3)41(30)47-36-11-7-5-9-32(36)34-15-13-29(44-2)22-39(34)47/h4-22H,1H3. The summed E-state index contributed by atoms with van der Waals surface area (Å²) < 4.78 is 4.16. The minimum Gasteiger partial charge on any atom is -0.320 e. The largest absolute Gasteiger partial charge is 0.320 e. The smallest absolute Gasteiger partial charge is 0.234 e. The van der Waals surface area contributed by atoms with Crippen LogP contribution < -0.4 is 0 Å². The van der Waals surface area contributed by atoms with Gasteiger partial charge in [0.05, 0.1) is 64.3 Å². The fourth-order valence-corrected chi connectivity index (χ4v) is 6.89. The van der Waals surface area contributed by atoms with Crippen molar-refractivity contribution in [2.75, 3.05) is 0 Å². The van der Waals surface area contributed by atoms with Crippen LogP contribution in [0.2, 0.25) is 0 Å². The Morgan fingerprint density at radius 1 is 0.574 bits per heavy atom. The van der Waals surface area contributed by atoms with Crippen LogP contribution >= 0.6 is 0 Å². The molecule has 2 aromatic heterocycles. The summed E-state index contributed by atoms with van der Waals surface area (Å²) in [4.78, 5) is 8.00. The molecule has 0 aliphatic heterocycles. The first-order chi connectivity index (χ1) is 23.0. The number of hydrogen-bond donors (Lipinski definition) is 0. The maximum atomic E-state index is 9.88. The van der Waals surface area contributed by atoms with Gasteiger partial charge in [0.1, 0.15) is 0 Å². The van der Waals surface area contributed by atoms with Crippen LogP contribution in [0.3, 0.4) is 0 Å². The van der Waals surface area contributed by atoms with E-state index in [4.69, 9.17) is 13.1 Å². The van der Waals surface area contributed by atoms with E-state index >= 15 is 0 Å². The second kappa shape index (κ2) is 10.5. The molecular weight excluding hydrogens is 576 g/mol. The van der Waals surface area contributed by atoms with Gasteiger partial charge in [0, 0.05) is 27.1 Å². The average molecular weight is 599 g/mol. The third-order valence-corrected chi connectivity index (χ3v) is 8.81. The van der Waals surface area contributed by atoms with E-state index in [2.05, 4.69) is 43.1 Å². The van der Waals surface area contributed by atoms with Gasteiger partial charge < -0.3 is 9.13 Å². The molecule has 6 aromatic carbocycles. The van der Waals surface area contributed by atoms with E-state index in [1.807, 2.05) is 110 Å². The fraction of sp³-hybridized carbons (Fsp3) is 0.0244. The Bertz CT molecular complexity index is 2800. The molecule has 0 saturated carbocycles. The van der Waals surface area contributed by atoms with Crippen LogP contribution in [0, 0.1) is 42.7 Å². The lowest BCUT2D eigenvalue weighted by molar-refractivity contribution is 1.14. The number of para-hydroxylation sites is 2. The van der Waals surface area contributed by atoms with Crippen LogP contribution in [0.25, 0.3) is 75.8 Å². The third kappa shape index (κ3) is 4.08. The molecule has 0 N–H and O–H groups in total. The lowest BCUT2D eigenvalue weighted by atomic mass is 9.97. The SMILES string of the molecule is [C-]#[N+]c1ccc2c3ccccc3n(-c3c(-c4cc(C)cc(C#N)c4)ccc(-n4c5ccccc5c5ccc(C#N)cc54)c3[N+]#[C-])c2c1. The van der Waals surface area contributed by atoms with Crippen LogP contribution in [0.5, 0.6) is 0 Å². The van der Waals surface area contributed by atoms with Gasteiger partial charge in [-0.3, -0.25) is 0 Å². The minimum absolute atomic E-state index is 0.406. The second-order valence-electron chi connectivity index (χ2n) is 11.5. The first-order valence-corrected chi connectivity index (χ1v) is 15.0. The fourth-order valence-electron chi connectivity index (χ4n) is 6.89. The van der Waals surface area contributed by atoms with Crippen molar-refractivity contribution >= 4 is 55.0 Å². The normalized spacial score (nSPS) is 11.0. The molecule has 0 aliphatic rings. The summed E-state index contributed by atoms with van der Waals surface area (Å²) in [6, 6.07) is 41.7. The number of nitrogens with zero attached hydrogens (tertiary/aromatic N) is 6. The molecule has 0 saturated heterocycles. The molecule has 0 amide bonds. The molecule has 0 fully saturated rings.